The van der Waals surface area contributed by atoms with Gasteiger partial charge in [-0.3, -0.25) is 0 Å². The first kappa shape index (κ1) is 29.9. The Bertz CT molecular complexity index is 2090. The van der Waals surface area contributed by atoms with Crippen molar-refractivity contribution < 1.29 is 9.47 Å². The molecule has 8 rings (SSSR count). The van der Waals surface area contributed by atoms with E-state index in [2.05, 4.69) is 88.0 Å². The highest BCUT2D eigenvalue weighted by Gasteiger charge is 2.36. The fourth-order valence-corrected chi connectivity index (χ4v) is 6.76. The summed E-state index contributed by atoms with van der Waals surface area (Å²) < 4.78 is 14.4. The van der Waals surface area contributed by atoms with Gasteiger partial charge >= 0.3 is 0 Å². The van der Waals surface area contributed by atoms with Gasteiger partial charge < -0.3 is 14.8 Å². The minimum absolute atomic E-state index is 0.175. The number of para-hydroxylation sites is 1. The Morgan fingerprint density at radius 1 is 0.438 bits per heavy atom. The first-order valence-electron chi connectivity index (χ1n) is 16.1. The van der Waals surface area contributed by atoms with Crippen LogP contribution in [0.3, 0.4) is 0 Å². The molecule has 4 atom stereocenters. The van der Waals surface area contributed by atoms with Crippen LogP contribution >= 0.6 is 15.9 Å². The molecular formula is C42H32BrN3O2. The highest BCUT2D eigenvalue weighted by atomic mass is 79.9. The Morgan fingerprint density at radius 2 is 0.854 bits per heavy atom. The quantitative estimate of drug-likeness (QED) is 0.173. The molecule has 48 heavy (non-hydrogen) atoms. The molecule has 0 aromatic heterocycles. The summed E-state index contributed by atoms with van der Waals surface area (Å²) in [6.45, 7) is 0. The lowest BCUT2D eigenvalue weighted by atomic mass is 9.97. The molecule has 5 nitrogen and oxygen atoms in total. The fraction of sp³-hybridized carbons (Fsp3) is 0.0952. The maximum atomic E-state index is 6.73. The van der Waals surface area contributed by atoms with Gasteiger partial charge in [-0.15, -0.1) is 0 Å². The van der Waals surface area contributed by atoms with E-state index < -0.39 is 0 Å². The second-order valence-electron chi connectivity index (χ2n) is 11.8. The van der Waals surface area contributed by atoms with Gasteiger partial charge in [-0.2, -0.15) is 0 Å². The lowest BCUT2D eigenvalue weighted by molar-refractivity contribution is 0.197. The summed E-state index contributed by atoms with van der Waals surface area (Å²) in [6, 6.07) is 55.2. The Balaban J connectivity index is 1.16. The van der Waals surface area contributed by atoms with Crippen LogP contribution in [0.1, 0.15) is 57.7 Å². The molecule has 234 valence electrons. The monoisotopic (exact) mass is 689 g/mol. The number of halogens is 1. The molecular weight excluding hydrogens is 658 g/mol. The highest BCUT2D eigenvalue weighted by Crippen LogP contribution is 2.44. The summed E-state index contributed by atoms with van der Waals surface area (Å²) in [5.74, 6) is 1.18. The van der Waals surface area contributed by atoms with Crippen LogP contribution in [0.2, 0.25) is 0 Å². The highest BCUT2D eigenvalue weighted by molar-refractivity contribution is 9.10. The van der Waals surface area contributed by atoms with Gasteiger partial charge in [-0.25, -0.2) is 9.98 Å². The maximum Gasteiger partial charge on any atom is 0.219 e. The third kappa shape index (κ3) is 6.03. The minimum atomic E-state index is -0.256. The van der Waals surface area contributed by atoms with Gasteiger partial charge in [0, 0.05) is 4.47 Å². The van der Waals surface area contributed by atoms with E-state index in [0.717, 1.165) is 49.2 Å². The normalized spacial score (nSPS) is 19.9. The number of aliphatic imine (C=N–C) groups is 2. The molecule has 2 aliphatic heterocycles. The summed E-state index contributed by atoms with van der Waals surface area (Å²) in [7, 11) is 0. The summed E-state index contributed by atoms with van der Waals surface area (Å²) >= 11 is 3.70. The van der Waals surface area contributed by atoms with E-state index in [1.165, 1.54) is 0 Å². The number of nitrogens with one attached hydrogen (secondary N) is 1. The van der Waals surface area contributed by atoms with Crippen molar-refractivity contribution in [3.8, 4) is 0 Å². The van der Waals surface area contributed by atoms with Crippen molar-refractivity contribution in [1.82, 2.24) is 0 Å². The lowest BCUT2D eigenvalue weighted by Gasteiger charge is -2.20. The van der Waals surface area contributed by atoms with E-state index in [9.17, 15) is 0 Å². The predicted molar refractivity (Wildman–Crippen MR) is 196 cm³/mol. The van der Waals surface area contributed by atoms with Crippen LogP contribution in [0.15, 0.2) is 178 Å². The molecule has 2 heterocycles. The second-order valence-corrected chi connectivity index (χ2v) is 12.8. The van der Waals surface area contributed by atoms with Crippen LogP contribution in [0.5, 0.6) is 0 Å². The van der Waals surface area contributed by atoms with E-state index in [4.69, 9.17) is 19.5 Å². The van der Waals surface area contributed by atoms with Crippen molar-refractivity contribution in [2.45, 2.75) is 24.3 Å². The SMILES string of the molecule is Brc1ccc(Nc2ccccc2C2=N[C@@H](c3ccccc3)[C@H](c3ccccc3)O2)c(C2=N[C@@H](c3ccccc3)[C@H](c3ccccc3)O2)c1. The second kappa shape index (κ2) is 13.3. The molecule has 6 heteroatoms. The van der Waals surface area contributed by atoms with E-state index in [-0.39, 0.29) is 24.3 Å². The molecule has 6 aromatic carbocycles. The summed E-state index contributed by atoms with van der Waals surface area (Å²) in [5, 5.41) is 3.70. The molecule has 0 amide bonds. The van der Waals surface area contributed by atoms with Crippen molar-refractivity contribution in [3.05, 3.63) is 202 Å². The summed E-state index contributed by atoms with van der Waals surface area (Å²) in [5.41, 5.74) is 7.86. The first-order chi connectivity index (χ1) is 23.7. The largest absolute Gasteiger partial charge is 0.467 e. The average Bonchev–Trinajstić information content (AvgIpc) is 3.80. The van der Waals surface area contributed by atoms with Crippen LogP contribution in [-0.4, -0.2) is 11.8 Å². The van der Waals surface area contributed by atoms with Crippen LogP contribution in [-0.2, 0) is 9.47 Å². The molecule has 0 aliphatic carbocycles. The Hall–Kier alpha value is -5.46. The van der Waals surface area contributed by atoms with Crippen LogP contribution in [0.4, 0.5) is 11.4 Å². The molecule has 6 aromatic rings. The van der Waals surface area contributed by atoms with Gasteiger partial charge in [-0.05, 0) is 52.6 Å². The smallest absolute Gasteiger partial charge is 0.219 e. The number of benzene rings is 6. The van der Waals surface area contributed by atoms with Gasteiger partial charge in [0.1, 0.15) is 12.1 Å². The van der Waals surface area contributed by atoms with Gasteiger partial charge in [0.25, 0.3) is 0 Å². The number of hydrogen-bond donors (Lipinski definition) is 1. The van der Waals surface area contributed by atoms with E-state index in [1.807, 2.05) is 97.1 Å². The molecule has 0 radical (unpaired) electrons. The summed E-state index contributed by atoms with van der Waals surface area (Å²) in [4.78, 5) is 10.4. The molecule has 1 N–H and O–H groups in total. The van der Waals surface area contributed by atoms with E-state index >= 15 is 0 Å². The molecule has 0 saturated heterocycles. The zero-order valence-corrected chi connectivity index (χ0v) is 27.6. The fourth-order valence-electron chi connectivity index (χ4n) is 6.40. The summed E-state index contributed by atoms with van der Waals surface area (Å²) in [6.07, 6.45) is -0.500. The molecule has 2 aliphatic rings. The van der Waals surface area contributed by atoms with Gasteiger partial charge in [0.2, 0.25) is 11.8 Å². The lowest BCUT2D eigenvalue weighted by Crippen LogP contribution is -2.12. The van der Waals surface area contributed by atoms with Crippen molar-refractivity contribution in [2.24, 2.45) is 9.98 Å². The van der Waals surface area contributed by atoms with Crippen LogP contribution < -0.4 is 5.32 Å². The van der Waals surface area contributed by atoms with Crippen molar-refractivity contribution >= 4 is 39.1 Å². The van der Waals surface area contributed by atoms with Crippen molar-refractivity contribution in [3.63, 3.8) is 0 Å². The number of nitrogens with zero attached hydrogens (tertiary/aromatic N) is 2. The van der Waals surface area contributed by atoms with Crippen LogP contribution in [0, 0.1) is 0 Å². The van der Waals surface area contributed by atoms with Crippen LogP contribution in [0.25, 0.3) is 0 Å². The Labute approximate surface area is 288 Å². The Kier molecular flexibility index (Phi) is 8.31. The topological polar surface area (TPSA) is 55.2 Å². The molecule has 0 saturated carbocycles. The zero-order valence-electron chi connectivity index (χ0n) is 26.0. The van der Waals surface area contributed by atoms with Gasteiger partial charge in [0.15, 0.2) is 12.2 Å². The van der Waals surface area contributed by atoms with Gasteiger partial charge in [-0.1, -0.05) is 149 Å². The molecule has 0 fully saturated rings. The van der Waals surface area contributed by atoms with E-state index in [0.29, 0.717) is 11.8 Å². The number of anilines is 2. The van der Waals surface area contributed by atoms with Gasteiger partial charge in [0.05, 0.1) is 22.5 Å². The average molecular weight is 691 g/mol. The first-order valence-corrected chi connectivity index (χ1v) is 16.9. The van der Waals surface area contributed by atoms with Crippen molar-refractivity contribution in [2.75, 3.05) is 5.32 Å². The molecule has 0 spiro atoms. The van der Waals surface area contributed by atoms with E-state index in [1.54, 1.807) is 0 Å². The minimum Gasteiger partial charge on any atom is -0.467 e. The maximum absolute atomic E-state index is 6.73. The molecule has 0 unspecified atom stereocenters. The number of rotatable bonds is 8. The third-order valence-electron chi connectivity index (χ3n) is 8.74. The number of hydrogen-bond acceptors (Lipinski definition) is 5. The molecule has 0 bridgehead atoms. The number of ether oxygens (including phenoxy) is 2. The zero-order chi connectivity index (χ0) is 32.3. The standard InChI is InChI=1S/C42H32BrN3O2/c43-32-25-26-36(34(27-32)42-46-38(29-17-7-2-8-18-29)40(48-42)31-21-11-4-12-22-31)44-35-24-14-13-23-33(35)41-45-37(28-15-5-1-6-16-28)39(47-41)30-19-9-3-10-20-30/h1-27,37-40,44H/t37-,38-,39-,40-/m0/s1. The third-order valence-corrected chi connectivity index (χ3v) is 9.23. The van der Waals surface area contributed by atoms with Crippen molar-refractivity contribution in [1.29, 1.82) is 0 Å². The Morgan fingerprint density at radius 3 is 1.38 bits per heavy atom. The predicted octanol–water partition coefficient (Wildman–Crippen LogP) is 10.7.